The average molecular weight is 602 g/mol. The maximum atomic E-state index is 13.5. The lowest BCUT2D eigenvalue weighted by molar-refractivity contribution is 0.0705. The van der Waals surface area contributed by atoms with Crippen molar-refractivity contribution in [1.82, 2.24) is 9.57 Å². The minimum absolute atomic E-state index is 0.0388. The molecule has 0 aliphatic carbocycles. The second kappa shape index (κ2) is 13.5. The monoisotopic (exact) mass is 601 g/mol. The van der Waals surface area contributed by atoms with Gasteiger partial charge in [0, 0.05) is 43.9 Å². The van der Waals surface area contributed by atoms with Gasteiger partial charge in [-0.1, -0.05) is 18.2 Å². The summed E-state index contributed by atoms with van der Waals surface area (Å²) >= 11 is 0. The van der Waals surface area contributed by atoms with Crippen LogP contribution in [0.15, 0.2) is 42.5 Å². The fourth-order valence-corrected chi connectivity index (χ4v) is 7.64. The molecular formula is C30H40N3O8P. The summed E-state index contributed by atoms with van der Waals surface area (Å²) in [5, 5.41) is 0. The molecule has 3 aliphatic rings. The summed E-state index contributed by atoms with van der Waals surface area (Å²) in [6.45, 7) is 6.63. The Morgan fingerprint density at radius 1 is 0.976 bits per heavy atom. The Balaban J connectivity index is 1.18. The molecule has 0 saturated carbocycles. The number of nitrogens with zero attached hydrogens (tertiary/aromatic N) is 3. The van der Waals surface area contributed by atoms with Crippen LogP contribution in [0.3, 0.4) is 0 Å². The highest BCUT2D eigenvalue weighted by atomic mass is 31.2. The lowest BCUT2D eigenvalue weighted by Crippen LogP contribution is -2.50. The standard InChI is InChI=1S/C30H40N3O8P/c1-4-39-42(36,40-5-2)32-18-14-24(15-19-32)41-25-10-11-26(28(20-25)37-3)29(34)31-16-12-23(13-17-31)33-27-9-7-6-8-22(27)21-38-30(33)35/h6-11,20,23-24H,4-5,12-19,21H2,1-3H3. The molecular weight excluding hydrogens is 561 g/mol. The van der Waals surface area contributed by atoms with Crippen LogP contribution in [-0.2, 0) is 25.0 Å². The number of carbonyl (C=O) groups is 2. The normalized spacial score (nSPS) is 18.9. The number of cyclic esters (lactones) is 1. The summed E-state index contributed by atoms with van der Waals surface area (Å²) < 4.78 is 43.0. The summed E-state index contributed by atoms with van der Waals surface area (Å²) in [6, 6.07) is 13.0. The molecule has 2 aromatic rings. The Labute approximate surface area is 247 Å². The first kappa shape index (κ1) is 30.4. The largest absolute Gasteiger partial charge is 0.496 e. The third kappa shape index (κ3) is 6.44. The van der Waals surface area contributed by atoms with Crippen molar-refractivity contribution in [3.63, 3.8) is 0 Å². The highest BCUT2D eigenvalue weighted by Gasteiger charge is 2.37. The number of amides is 2. The van der Waals surface area contributed by atoms with Crippen LogP contribution >= 0.6 is 7.75 Å². The minimum atomic E-state index is -3.29. The third-order valence-corrected chi connectivity index (χ3v) is 10.2. The van der Waals surface area contributed by atoms with Crippen LogP contribution in [0.25, 0.3) is 0 Å². The number of benzene rings is 2. The Kier molecular flexibility index (Phi) is 9.73. The molecule has 2 saturated heterocycles. The second-order valence-electron chi connectivity index (χ2n) is 10.5. The zero-order chi connectivity index (χ0) is 29.7. The third-order valence-electron chi connectivity index (χ3n) is 7.97. The van der Waals surface area contributed by atoms with Gasteiger partial charge in [-0.3, -0.25) is 18.7 Å². The first-order chi connectivity index (χ1) is 20.4. The molecule has 12 heteroatoms. The molecule has 0 atom stereocenters. The van der Waals surface area contributed by atoms with Gasteiger partial charge < -0.3 is 19.1 Å². The smallest absolute Gasteiger partial charge is 0.414 e. The SMILES string of the molecule is CCOP(=O)(OCC)N1CCC(Oc2ccc(C(=O)N3CCC(N4C(=O)OCc5ccccc54)CC3)c(OC)c2)CC1. The van der Waals surface area contributed by atoms with Gasteiger partial charge in [0.15, 0.2) is 0 Å². The summed E-state index contributed by atoms with van der Waals surface area (Å²) in [7, 11) is -1.75. The number of fused-ring (bicyclic) bond motifs is 1. The van der Waals surface area contributed by atoms with Crippen LogP contribution in [0, 0.1) is 0 Å². The van der Waals surface area contributed by atoms with Crippen LogP contribution in [0.4, 0.5) is 10.5 Å². The van der Waals surface area contributed by atoms with Crippen molar-refractivity contribution in [3.8, 4) is 11.5 Å². The lowest BCUT2D eigenvalue weighted by atomic mass is 10.00. The highest BCUT2D eigenvalue weighted by molar-refractivity contribution is 7.51. The number of methoxy groups -OCH3 is 1. The van der Waals surface area contributed by atoms with E-state index in [9.17, 15) is 14.2 Å². The maximum absolute atomic E-state index is 13.5. The summed E-state index contributed by atoms with van der Waals surface area (Å²) in [6.07, 6.45) is 2.22. The van der Waals surface area contributed by atoms with E-state index < -0.39 is 7.75 Å². The number of hydrogen-bond acceptors (Lipinski definition) is 8. The van der Waals surface area contributed by atoms with Crippen molar-refractivity contribution in [2.45, 2.75) is 58.3 Å². The van der Waals surface area contributed by atoms with Crippen LogP contribution in [0.5, 0.6) is 11.5 Å². The van der Waals surface area contributed by atoms with Crippen LogP contribution < -0.4 is 14.4 Å². The highest BCUT2D eigenvalue weighted by Crippen LogP contribution is 2.53. The predicted octanol–water partition coefficient (Wildman–Crippen LogP) is 5.48. The number of likely N-dealkylation sites (tertiary alicyclic amines) is 1. The summed E-state index contributed by atoms with van der Waals surface area (Å²) in [5.74, 6) is 0.942. The van der Waals surface area contributed by atoms with Crippen molar-refractivity contribution >= 4 is 25.4 Å². The fourth-order valence-electron chi connectivity index (χ4n) is 5.86. The molecule has 0 aromatic heterocycles. The maximum Gasteiger partial charge on any atom is 0.414 e. The van der Waals surface area contributed by atoms with Crippen molar-refractivity contribution < 1.29 is 37.4 Å². The van der Waals surface area contributed by atoms with E-state index in [-0.39, 0.29) is 30.8 Å². The molecule has 2 fully saturated rings. The Hall–Kier alpha value is -3.11. The summed E-state index contributed by atoms with van der Waals surface area (Å²) in [5.41, 5.74) is 2.35. The molecule has 228 valence electrons. The van der Waals surface area contributed by atoms with Gasteiger partial charge in [-0.15, -0.1) is 0 Å². The first-order valence-corrected chi connectivity index (χ1v) is 16.2. The molecule has 2 aromatic carbocycles. The van der Waals surface area contributed by atoms with Gasteiger partial charge in [-0.2, -0.15) is 0 Å². The molecule has 0 bridgehead atoms. The predicted molar refractivity (Wildman–Crippen MR) is 157 cm³/mol. The van der Waals surface area contributed by atoms with Crippen LogP contribution in [0.1, 0.15) is 55.5 Å². The van der Waals surface area contributed by atoms with Gasteiger partial charge in [-0.05, 0) is 57.7 Å². The van der Waals surface area contributed by atoms with Crippen molar-refractivity contribution in [1.29, 1.82) is 0 Å². The van der Waals surface area contributed by atoms with E-state index in [2.05, 4.69) is 0 Å². The number of hydrogen-bond donors (Lipinski definition) is 0. The molecule has 42 heavy (non-hydrogen) atoms. The molecule has 2 amide bonds. The van der Waals surface area contributed by atoms with E-state index in [0.717, 1.165) is 11.3 Å². The number of carbonyl (C=O) groups excluding carboxylic acids is 2. The van der Waals surface area contributed by atoms with Crippen LogP contribution in [0.2, 0.25) is 0 Å². The molecule has 0 unspecified atom stereocenters. The van der Waals surface area contributed by atoms with E-state index >= 15 is 0 Å². The zero-order valence-electron chi connectivity index (χ0n) is 24.5. The molecule has 0 N–H and O–H groups in total. The number of para-hydroxylation sites is 1. The van der Waals surface area contributed by atoms with E-state index in [1.165, 1.54) is 0 Å². The van der Waals surface area contributed by atoms with E-state index in [1.807, 2.05) is 24.3 Å². The number of rotatable bonds is 10. The zero-order valence-corrected chi connectivity index (χ0v) is 25.4. The van der Waals surface area contributed by atoms with E-state index in [4.69, 9.17) is 23.3 Å². The first-order valence-electron chi connectivity index (χ1n) is 14.7. The lowest BCUT2D eigenvalue weighted by Gasteiger charge is -2.40. The van der Waals surface area contributed by atoms with Gasteiger partial charge in [0.05, 0.1) is 31.6 Å². The average Bonchev–Trinajstić information content (AvgIpc) is 3.01. The molecule has 0 spiro atoms. The van der Waals surface area contributed by atoms with Crippen molar-refractivity contribution in [3.05, 3.63) is 53.6 Å². The molecule has 5 rings (SSSR count). The van der Waals surface area contributed by atoms with Crippen LogP contribution in [-0.4, -0.2) is 80.2 Å². The van der Waals surface area contributed by atoms with Gasteiger partial charge in [0.25, 0.3) is 5.91 Å². The van der Waals surface area contributed by atoms with Gasteiger partial charge in [0.2, 0.25) is 0 Å². The van der Waals surface area contributed by atoms with Crippen molar-refractivity contribution in [2.75, 3.05) is 51.4 Å². The van der Waals surface area contributed by atoms with Crippen molar-refractivity contribution in [2.24, 2.45) is 0 Å². The number of piperidine rings is 2. The summed E-state index contributed by atoms with van der Waals surface area (Å²) in [4.78, 5) is 29.7. The Morgan fingerprint density at radius 3 is 2.33 bits per heavy atom. The molecule has 0 radical (unpaired) electrons. The van der Waals surface area contributed by atoms with Gasteiger partial charge >= 0.3 is 13.8 Å². The van der Waals surface area contributed by atoms with E-state index in [1.54, 1.807) is 53.6 Å². The minimum Gasteiger partial charge on any atom is -0.496 e. The molecule has 3 aliphatic heterocycles. The second-order valence-corrected chi connectivity index (χ2v) is 12.5. The quantitative estimate of drug-likeness (QED) is 0.327. The molecule has 3 heterocycles. The van der Waals surface area contributed by atoms with E-state index in [0.29, 0.717) is 82.1 Å². The van der Waals surface area contributed by atoms with Gasteiger partial charge in [0.1, 0.15) is 24.2 Å². The number of ether oxygens (including phenoxy) is 3. The number of anilines is 1. The molecule has 11 nitrogen and oxygen atoms in total. The Bertz CT molecular complexity index is 1300. The topological polar surface area (TPSA) is 107 Å². The fraction of sp³-hybridized carbons (Fsp3) is 0.533. The Morgan fingerprint density at radius 2 is 1.67 bits per heavy atom. The van der Waals surface area contributed by atoms with Gasteiger partial charge in [-0.25, -0.2) is 14.0 Å².